The molecule has 0 spiro atoms. The minimum Gasteiger partial charge on any atom is -0.497 e. The van der Waals surface area contributed by atoms with Crippen LogP contribution < -0.4 is 4.74 Å². The third-order valence-corrected chi connectivity index (χ3v) is 3.22. The average Bonchev–Trinajstić information content (AvgIpc) is 2.47. The van der Waals surface area contributed by atoms with Crippen LogP contribution >= 0.6 is 0 Å². The molecule has 0 saturated carbocycles. The first kappa shape index (κ1) is 16.1. The third kappa shape index (κ3) is 4.35. The molecule has 5 heteroatoms. The van der Waals surface area contributed by atoms with Gasteiger partial charge in [0.2, 0.25) is 0 Å². The van der Waals surface area contributed by atoms with Crippen LogP contribution in [0.5, 0.6) is 5.75 Å². The molecule has 116 valence electrons. The van der Waals surface area contributed by atoms with Crippen molar-refractivity contribution < 1.29 is 22.7 Å². The molecule has 2 aromatic rings. The summed E-state index contributed by atoms with van der Waals surface area (Å²) in [7, 11) is 1.55. The van der Waals surface area contributed by atoms with Gasteiger partial charge in [-0.1, -0.05) is 30.3 Å². The first-order chi connectivity index (χ1) is 10.4. The summed E-state index contributed by atoms with van der Waals surface area (Å²) in [6, 6.07) is 11.9. The molecule has 0 fully saturated rings. The second-order valence-electron chi connectivity index (χ2n) is 4.94. The van der Waals surface area contributed by atoms with Crippen molar-refractivity contribution in [3.05, 3.63) is 65.2 Å². The summed E-state index contributed by atoms with van der Waals surface area (Å²) in [5.41, 5.74) is 0.438. The highest BCUT2D eigenvalue weighted by Crippen LogP contribution is 2.29. The molecule has 2 aromatic carbocycles. The van der Waals surface area contributed by atoms with Crippen LogP contribution in [-0.2, 0) is 23.8 Å². The number of ketones is 1. The van der Waals surface area contributed by atoms with Gasteiger partial charge in [0.15, 0.2) is 0 Å². The van der Waals surface area contributed by atoms with E-state index in [9.17, 15) is 18.0 Å². The van der Waals surface area contributed by atoms with Crippen molar-refractivity contribution in [3.8, 4) is 5.75 Å². The summed E-state index contributed by atoms with van der Waals surface area (Å²) in [5, 5.41) is 0. The predicted molar refractivity (Wildman–Crippen MR) is 76.9 cm³/mol. The Kier molecular flexibility index (Phi) is 4.85. The number of alkyl halides is 3. The van der Waals surface area contributed by atoms with Crippen molar-refractivity contribution in [1.82, 2.24) is 0 Å². The summed E-state index contributed by atoms with van der Waals surface area (Å²) in [6.45, 7) is 0. The quantitative estimate of drug-likeness (QED) is 0.832. The van der Waals surface area contributed by atoms with Crippen molar-refractivity contribution in [2.24, 2.45) is 0 Å². The highest BCUT2D eigenvalue weighted by Gasteiger charge is 2.30. The van der Waals surface area contributed by atoms with Gasteiger partial charge in [0.1, 0.15) is 11.5 Å². The lowest BCUT2D eigenvalue weighted by atomic mass is 10.0. The van der Waals surface area contributed by atoms with E-state index in [2.05, 4.69) is 0 Å². The predicted octanol–water partition coefficient (Wildman–Crippen LogP) is 4.07. The lowest BCUT2D eigenvalue weighted by Crippen LogP contribution is -2.09. The first-order valence-corrected chi connectivity index (χ1v) is 6.69. The molecule has 22 heavy (non-hydrogen) atoms. The summed E-state index contributed by atoms with van der Waals surface area (Å²) in [5.74, 6) is 0.554. The molecular formula is C17H15F3O2. The van der Waals surface area contributed by atoms with E-state index in [1.165, 1.54) is 12.1 Å². The molecule has 0 aliphatic carbocycles. The van der Waals surface area contributed by atoms with E-state index in [0.29, 0.717) is 11.3 Å². The number of ether oxygens (including phenoxy) is 1. The Hall–Kier alpha value is -2.30. The van der Waals surface area contributed by atoms with E-state index < -0.39 is 11.7 Å². The Balaban J connectivity index is 2.02. The zero-order chi connectivity index (χ0) is 16.2. The van der Waals surface area contributed by atoms with Crippen molar-refractivity contribution in [2.45, 2.75) is 19.0 Å². The van der Waals surface area contributed by atoms with E-state index >= 15 is 0 Å². The number of carbonyl (C=O) groups is 1. The summed E-state index contributed by atoms with van der Waals surface area (Å²) in [4.78, 5) is 12.0. The summed E-state index contributed by atoms with van der Waals surface area (Å²) >= 11 is 0. The molecule has 0 aliphatic heterocycles. The molecule has 0 atom stereocenters. The average molecular weight is 308 g/mol. The molecule has 0 N–H and O–H groups in total. The smallest absolute Gasteiger partial charge is 0.416 e. The topological polar surface area (TPSA) is 26.3 Å². The Labute approximate surface area is 126 Å². The van der Waals surface area contributed by atoms with Gasteiger partial charge in [-0.25, -0.2) is 0 Å². The van der Waals surface area contributed by atoms with Crippen LogP contribution in [0.15, 0.2) is 48.5 Å². The van der Waals surface area contributed by atoms with Crippen molar-refractivity contribution in [2.75, 3.05) is 7.11 Å². The molecule has 0 aliphatic rings. The fraction of sp³-hybridized carbons (Fsp3) is 0.235. The van der Waals surface area contributed by atoms with Gasteiger partial charge >= 0.3 is 6.18 Å². The molecule has 2 nitrogen and oxygen atoms in total. The minimum atomic E-state index is -4.39. The Bertz CT molecular complexity index is 646. The van der Waals surface area contributed by atoms with Crippen LogP contribution in [0.2, 0.25) is 0 Å². The van der Waals surface area contributed by atoms with Gasteiger partial charge in [-0.15, -0.1) is 0 Å². The van der Waals surface area contributed by atoms with Crippen LogP contribution in [-0.4, -0.2) is 12.9 Å². The zero-order valence-corrected chi connectivity index (χ0v) is 12.0. The molecule has 0 heterocycles. The number of Topliss-reactive ketones (excluding diaryl/α,β-unsaturated/α-hetero) is 1. The fourth-order valence-corrected chi connectivity index (χ4v) is 2.12. The van der Waals surface area contributed by atoms with Gasteiger partial charge in [-0.2, -0.15) is 13.2 Å². The van der Waals surface area contributed by atoms with Crippen molar-refractivity contribution in [1.29, 1.82) is 0 Å². The van der Waals surface area contributed by atoms with Crippen LogP contribution in [0.1, 0.15) is 16.7 Å². The second-order valence-corrected chi connectivity index (χ2v) is 4.94. The summed E-state index contributed by atoms with van der Waals surface area (Å²) < 4.78 is 42.9. The van der Waals surface area contributed by atoms with Gasteiger partial charge in [0, 0.05) is 12.8 Å². The Morgan fingerprint density at radius 1 is 1.00 bits per heavy atom. The molecular weight excluding hydrogens is 293 g/mol. The van der Waals surface area contributed by atoms with Gasteiger partial charge in [0.05, 0.1) is 12.7 Å². The highest BCUT2D eigenvalue weighted by atomic mass is 19.4. The molecule has 0 unspecified atom stereocenters. The third-order valence-electron chi connectivity index (χ3n) is 3.22. The number of halogens is 3. The van der Waals surface area contributed by atoms with E-state index in [0.717, 1.165) is 17.7 Å². The number of rotatable bonds is 5. The van der Waals surface area contributed by atoms with E-state index in [1.807, 2.05) is 0 Å². The largest absolute Gasteiger partial charge is 0.497 e. The maximum Gasteiger partial charge on any atom is 0.416 e. The number of benzene rings is 2. The fourth-order valence-electron chi connectivity index (χ4n) is 2.12. The van der Waals surface area contributed by atoms with E-state index in [1.54, 1.807) is 31.4 Å². The van der Waals surface area contributed by atoms with Gasteiger partial charge in [-0.3, -0.25) is 4.79 Å². The van der Waals surface area contributed by atoms with Gasteiger partial charge < -0.3 is 4.74 Å². The molecule has 0 bridgehead atoms. The van der Waals surface area contributed by atoms with Crippen LogP contribution in [0, 0.1) is 0 Å². The lowest BCUT2D eigenvalue weighted by molar-refractivity contribution is -0.137. The maximum atomic E-state index is 12.6. The Morgan fingerprint density at radius 3 is 2.23 bits per heavy atom. The second kappa shape index (κ2) is 6.64. The van der Waals surface area contributed by atoms with Gasteiger partial charge in [0.25, 0.3) is 0 Å². The normalized spacial score (nSPS) is 11.3. The Morgan fingerprint density at radius 2 is 1.64 bits per heavy atom. The van der Waals surface area contributed by atoms with E-state index in [-0.39, 0.29) is 18.6 Å². The van der Waals surface area contributed by atoms with Crippen molar-refractivity contribution >= 4 is 5.78 Å². The molecule has 0 aromatic heterocycles. The standard InChI is InChI=1S/C17H15F3O2/c1-22-16-7-5-12(6-8-16)10-15(21)11-13-3-2-4-14(9-13)17(18,19)20/h2-9H,10-11H2,1H3. The van der Waals surface area contributed by atoms with Crippen LogP contribution in [0.4, 0.5) is 13.2 Å². The first-order valence-electron chi connectivity index (χ1n) is 6.69. The van der Waals surface area contributed by atoms with Crippen molar-refractivity contribution in [3.63, 3.8) is 0 Å². The molecule has 0 saturated heterocycles. The molecule has 0 amide bonds. The van der Waals surface area contributed by atoms with Crippen LogP contribution in [0.3, 0.4) is 0 Å². The van der Waals surface area contributed by atoms with E-state index in [4.69, 9.17) is 4.74 Å². The minimum absolute atomic E-state index is 0.0179. The number of hydrogen-bond donors (Lipinski definition) is 0. The van der Waals surface area contributed by atoms with Gasteiger partial charge in [-0.05, 0) is 29.3 Å². The number of carbonyl (C=O) groups excluding carboxylic acids is 1. The monoisotopic (exact) mass is 308 g/mol. The van der Waals surface area contributed by atoms with Crippen LogP contribution in [0.25, 0.3) is 0 Å². The SMILES string of the molecule is COc1ccc(CC(=O)Cc2cccc(C(F)(F)F)c2)cc1. The number of hydrogen-bond acceptors (Lipinski definition) is 2. The highest BCUT2D eigenvalue weighted by molar-refractivity contribution is 5.83. The molecule has 0 radical (unpaired) electrons. The number of methoxy groups -OCH3 is 1. The lowest BCUT2D eigenvalue weighted by Gasteiger charge is -2.08. The summed E-state index contributed by atoms with van der Waals surface area (Å²) in [6.07, 6.45) is -4.23. The molecule has 2 rings (SSSR count). The maximum absolute atomic E-state index is 12.6. The zero-order valence-electron chi connectivity index (χ0n) is 12.0.